The van der Waals surface area contributed by atoms with E-state index in [9.17, 15) is 4.79 Å². The molecule has 1 aromatic carbocycles. The predicted octanol–water partition coefficient (Wildman–Crippen LogP) is 2.84. The van der Waals surface area contributed by atoms with Gasteiger partial charge in [0.05, 0.1) is 18.4 Å². The molecule has 0 saturated carbocycles. The Bertz CT molecular complexity index is 605. The van der Waals surface area contributed by atoms with Gasteiger partial charge in [-0.3, -0.25) is 4.79 Å². The van der Waals surface area contributed by atoms with Crippen molar-refractivity contribution in [3.8, 4) is 0 Å². The molecule has 2 aromatic rings. The van der Waals surface area contributed by atoms with E-state index < -0.39 is 0 Å². The lowest BCUT2D eigenvalue weighted by Crippen LogP contribution is -2.23. The summed E-state index contributed by atoms with van der Waals surface area (Å²) >= 11 is 0. The minimum Gasteiger partial charge on any atom is -0.374 e. The molecule has 0 aliphatic carbocycles. The van der Waals surface area contributed by atoms with Crippen molar-refractivity contribution in [2.24, 2.45) is 0 Å². The first-order valence-electron chi connectivity index (χ1n) is 6.96. The van der Waals surface area contributed by atoms with E-state index in [1.807, 2.05) is 38.1 Å². The second-order valence-corrected chi connectivity index (χ2v) is 5.14. The number of carbonyl (C=O) groups is 1. The first-order chi connectivity index (χ1) is 10.1. The maximum Gasteiger partial charge on any atom is 0.290 e. The van der Waals surface area contributed by atoms with Crippen LogP contribution in [0.25, 0.3) is 0 Å². The van der Waals surface area contributed by atoms with E-state index >= 15 is 0 Å². The summed E-state index contributed by atoms with van der Waals surface area (Å²) in [5.74, 6) is -0.0430. The Morgan fingerprint density at radius 1 is 1.33 bits per heavy atom. The van der Waals surface area contributed by atoms with Gasteiger partial charge in [-0.15, -0.1) is 0 Å². The number of hydrogen-bond donors (Lipinski definition) is 1. The molecule has 1 N–H and O–H groups in total. The van der Waals surface area contributed by atoms with E-state index in [1.165, 1.54) is 0 Å². The van der Waals surface area contributed by atoms with Crippen LogP contribution in [-0.4, -0.2) is 17.2 Å². The van der Waals surface area contributed by atoms with Crippen molar-refractivity contribution in [1.29, 1.82) is 0 Å². The maximum absolute atomic E-state index is 11.9. The van der Waals surface area contributed by atoms with Gasteiger partial charge in [-0.1, -0.05) is 29.4 Å². The molecule has 1 aromatic heterocycles. The van der Waals surface area contributed by atoms with E-state index in [0.29, 0.717) is 18.8 Å². The number of rotatable bonds is 6. The molecule has 21 heavy (non-hydrogen) atoms. The topological polar surface area (TPSA) is 64.4 Å². The standard InChI is InChI=1S/C16H20N2O3/c1-11(2)20-10-14-7-5-4-6-13(14)9-17-16(19)15-8-12(3)18-21-15/h4-8,11H,9-10H2,1-3H3,(H,17,19). The van der Waals surface area contributed by atoms with Gasteiger partial charge in [0.15, 0.2) is 0 Å². The molecule has 5 heteroatoms. The fourth-order valence-corrected chi connectivity index (χ4v) is 1.86. The summed E-state index contributed by atoms with van der Waals surface area (Å²) in [7, 11) is 0. The molecule has 2 rings (SSSR count). The van der Waals surface area contributed by atoms with Crippen LogP contribution in [0, 0.1) is 6.92 Å². The number of amides is 1. The summed E-state index contributed by atoms with van der Waals surface area (Å²) in [5.41, 5.74) is 2.79. The van der Waals surface area contributed by atoms with Gasteiger partial charge in [0.2, 0.25) is 5.76 Å². The third kappa shape index (κ3) is 4.43. The lowest BCUT2D eigenvalue weighted by molar-refractivity contribution is 0.0651. The van der Waals surface area contributed by atoms with Crippen LogP contribution in [0.1, 0.15) is 41.2 Å². The lowest BCUT2D eigenvalue weighted by Gasteiger charge is -2.12. The highest BCUT2D eigenvalue weighted by Gasteiger charge is 2.12. The van der Waals surface area contributed by atoms with Gasteiger partial charge in [0.1, 0.15) is 0 Å². The molecule has 0 fully saturated rings. The van der Waals surface area contributed by atoms with Gasteiger partial charge >= 0.3 is 0 Å². The van der Waals surface area contributed by atoms with Gasteiger partial charge in [0, 0.05) is 12.6 Å². The molecular formula is C16H20N2O3. The average Bonchev–Trinajstić information content (AvgIpc) is 2.90. The molecule has 0 saturated heterocycles. The Hall–Kier alpha value is -2.14. The van der Waals surface area contributed by atoms with Gasteiger partial charge in [-0.05, 0) is 31.9 Å². The van der Waals surface area contributed by atoms with Gasteiger partial charge < -0.3 is 14.6 Å². The third-order valence-electron chi connectivity index (χ3n) is 2.98. The van der Waals surface area contributed by atoms with Gasteiger partial charge in [0.25, 0.3) is 5.91 Å². The summed E-state index contributed by atoms with van der Waals surface area (Å²) in [6.45, 7) is 6.73. The van der Waals surface area contributed by atoms with Crippen molar-refractivity contribution in [3.05, 3.63) is 52.9 Å². The van der Waals surface area contributed by atoms with Crippen LogP contribution in [-0.2, 0) is 17.9 Å². The zero-order valence-corrected chi connectivity index (χ0v) is 12.6. The van der Waals surface area contributed by atoms with Crippen molar-refractivity contribution < 1.29 is 14.1 Å². The predicted molar refractivity (Wildman–Crippen MR) is 78.8 cm³/mol. The number of nitrogens with zero attached hydrogens (tertiary/aromatic N) is 1. The zero-order valence-electron chi connectivity index (χ0n) is 12.6. The SMILES string of the molecule is Cc1cc(C(=O)NCc2ccccc2COC(C)C)on1. The van der Waals surface area contributed by atoms with Gasteiger partial charge in [-0.25, -0.2) is 0 Å². The molecule has 5 nitrogen and oxygen atoms in total. The molecule has 0 radical (unpaired) electrons. The van der Waals surface area contributed by atoms with Crippen molar-refractivity contribution in [2.75, 3.05) is 0 Å². The Labute approximate surface area is 124 Å². The molecule has 0 atom stereocenters. The summed E-state index contributed by atoms with van der Waals surface area (Å²) in [5, 5.41) is 6.53. The average molecular weight is 288 g/mol. The monoisotopic (exact) mass is 288 g/mol. The summed E-state index contributed by atoms with van der Waals surface area (Å²) in [6, 6.07) is 9.50. The van der Waals surface area contributed by atoms with Crippen molar-refractivity contribution >= 4 is 5.91 Å². The van der Waals surface area contributed by atoms with Crippen LogP contribution in [0.2, 0.25) is 0 Å². The number of benzene rings is 1. The van der Waals surface area contributed by atoms with E-state index in [4.69, 9.17) is 9.26 Å². The number of aryl methyl sites for hydroxylation is 1. The summed E-state index contributed by atoms with van der Waals surface area (Å²) < 4.78 is 10.6. The van der Waals surface area contributed by atoms with Crippen LogP contribution >= 0.6 is 0 Å². The molecule has 0 bridgehead atoms. The molecular weight excluding hydrogens is 268 g/mol. The number of aromatic nitrogens is 1. The Morgan fingerprint density at radius 3 is 2.67 bits per heavy atom. The lowest BCUT2D eigenvalue weighted by atomic mass is 10.1. The van der Waals surface area contributed by atoms with Gasteiger partial charge in [-0.2, -0.15) is 0 Å². The largest absolute Gasteiger partial charge is 0.374 e. The van der Waals surface area contributed by atoms with E-state index in [2.05, 4.69) is 10.5 Å². The molecule has 1 heterocycles. The highest BCUT2D eigenvalue weighted by molar-refractivity contribution is 5.91. The Morgan fingerprint density at radius 2 is 2.05 bits per heavy atom. The molecule has 1 amide bonds. The first-order valence-corrected chi connectivity index (χ1v) is 6.96. The minimum absolute atomic E-state index is 0.171. The van der Waals surface area contributed by atoms with Crippen LogP contribution in [0.5, 0.6) is 0 Å². The van der Waals surface area contributed by atoms with Crippen molar-refractivity contribution in [2.45, 2.75) is 40.0 Å². The molecule has 112 valence electrons. The van der Waals surface area contributed by atoms with E-state index in [0.717, 1.165) is 11.1 Å². The summed E-state index contributed by atoms with van der Waals surface area (Å²) in [4.78, 5) is 11.9. The van der Waals surface area contributed by atoms with E-state index in [1.54, 1.807) is 13.0 Å². The number of nitrogens with one attached hydrogen (secondary N) is 1. The number of carbonyl (C=O) groups excluding carboxylic acids is 1. The smallest absolute Gasteiger partial charge is 0.290 e. The fraction of sp³-hybridized carbons (Fsp3) is 0.375. The first kappa shape index (κ1) is 15.3. The van der Waals surface area contributed by atoms with Crippen LogP contribution in [0.15, 0.2) is 34.9 Å². The molecule has 0 spiro atoms. The highest BCUT2D eigenvalue weighted by atomic mass is 16.5. The van der Waals surface area contributed by atoms with Crippen molar-refractivity contribution in [1.82, 2.24) is 10.5 Å². The zero-order chi connectivity index (χ0) is 15.2. The molecule has 0 aliphatic heterocycles. The van der Waals surface area contributed by atoms with Crippen LogP contribution < -0.4 is 5.32 Å². The second-order valence-electron chi connectivity index (χ2n) is 5.14. The number of ether oxygens (including phenoxy) is 1. The Kier molecular flexibility index (Phi) is 5.11. The maximum atomic E-state index is 11.9. The molecule has 0 unspecified atom stereocenters. The summed E-state index contributed by atoms with van der Waals surface area (Å²) in [6.07, 6.45) is 0.171. The highest BCUT2D eigenvalue weighted by Crippen LogP contribution is 2.11. The third-order valence-corrected chi connectivity index (χ3v) is 2.98. The number of hydrogen-bond acceptors (Lipinski definition) is 4. The second kappa shape index (κ2) is 7.04. The van der Waals surface area contributed by atoms with E-state index in [-0.39, 0.29) is 17.8 Å². The van der Waals surface area contributed by atoms with Crippen molar-refractivity contribution in [3.63, 3.8) is 0 Å². The van der Waals surface area contributed by atoms with Crippen LogP contribution in [0.4, 0.5) is 0 Å². The molecule has 0 aliphatic rings. The quantitative estimate of drug-likeness (QED) is 0.887. The minimum atomic E-state index is -0.268. The Balaban J connectivity index is 1.98. The fourth-order valence-electron chi connectivity index (χ4n) is 1.86. The van der Waals surface area contributed by atoms with Crippen LogP contribution in [0.3, 0.4) is 0 Å². The normalized spacial score (nSPS) is 10.9.